The van der Waals surface area contributed by atoms with Gasteiger partial charge < -0.3 is 4.42 Å². The van der Waals surface area contributed by atoms with Crippen LogP contribution in [0.25, 0.3) is 0 Å². The topological polar surface area (TPSA) is 51.2 Å². The SMILES string of the molecule is C=C(C)CCC(NN)c1occc1C. The summed E-state index contributed by atoms with van der Waals surface area (Å²) in [6, 6.07) is 2.03. The van der Waals surface area contributed by atoms with E-state index in [2.05, 4.69) is 12.0 Å². The molecule has 0 amide bonds. The molecule has 0 aliphatic rings. The largest absolute Gasteiger partial charge is 0.467 e. The van der Waals surface area contributed by atoms with E-state index in [-0.39, 0.29) is 6.04 Å². The van der Waals surface area contributed by atoms with Crippen LogP contribution in [0.15, 0.2) is 28.9 Å². The zero-order valence-corrected chi connectivity index (χ0v) is 8.84. The van der Waals surface area contributed by atoms with E-state index in [1.165, 1.54) is 0 Å². The number of furan rings is 1. The molecule has 3 nitrogen and oxygen atoms in total. The lowest BCUT2D eigenvalue weighted by molar-refractivity contribution is 0.398. The summed E-state index contributed by atoms with van der Waals surface area (Å²) in [5.41, 5.74) is 5.06. The molecule has 0 saturated carbocycles. The van der Waals surface area contributed by atoms with Crippen LogP contribution < -0.4 is 11.3 Å². The van der Waals surface area contributed by atoms with Crippen LogP contribution in [0.4, 0.5) is 0 Å². The second-order valence-electron chi connectivity index (χ2n) is 3.68. The summed E-state index contributed by atoms with van der Waals surface area (Å²) >= 11 is 0. The zero-order valence-electron chi connectivity index (χ0n) is 8.84. The normalized spacial score (nSPS) is 12.8. The highest BCUT2D eigenvalue weighted by molar-refractivity contribution is 5.18. The van der Waals surface area contributed by atoms with Crippen LogP contribution in [0.5, 0.6) is 0 Å². The predicted octanol–water partition coefficient (Wildman–Crippen LogP) is 2.45. The summed E-state index contributed by atoms with van der Waals surface area (Å²) in [4.78, 5) is 0. The quantitative estimate of drug-likeness (QED) is 0.430. The Morgan fingerprint density at radius 1 is 1.71 bits per heavy atom. The van der Waals surface area contributed by atoms with Gasteiger partial charge in [-0.3, -0.25) is 5.84 Å². The first-order valence-electron chi connectivity index (χ1n) is 4.79. The van der Waals surface area contributed by atoms with Crippen LogP contribution in [0.1, 0.15) is 37.1 Å². The average molecular weight is 194 g/mol. The highest BCUT2D eigenvalue weighted by Crippen LogP contribution is 2.23. The first-order chi connectivity index (χ1) is 6.65. The number of hydrogen-bond acceptors (Lipinski definition) is 3. The highest BCUT2D eigenvalue weighted by Gasteiger charge is 2.14. The molecule has 1 heterocycles. The van der Waals surface area contributed by atoms with Gasteiger partial charge in [0.05, 0.1) is 12.3 Å². The minimum atomic E-state index is 0.0849. The molecule has 78 valence electrons. The van der Waals surface area contributed by atoms with Gasteiger partial charge in [0.1, 0.15) is 5.76 Å². The van der Waals surface area contributed by atoms with Gasteiger partial charge in [-0.2, -0.15) is 0 Å². The van der Waals surface area contributed by atoms with E-state index in [9.17, 15) is 0 Å². The van der Waals surface area contributed by atoms with Crippen molar-refractivity contribution in [2.45, 2.75) is 32.7 Å². The summed E-state index contributed by atoms with van der Waals surface area (Å²) in [5, 5.41) is 0. The average Bonchev–Trinajstić information content (AvgIpc) is 2.53. The van der Waals surface area contributed by atoms with E-state index in [1.54, 1.807) is 6.26 Å². The minimum absolute atomic E-state index is 0.0849. The second-order valence-corrected chi connectivity index (χ2v) is 3.68. The van der Waals surface area contributed by atoms with Crippen molar-refractivity contribution in [3.8, 4) is 0 Å². The van der Waals surface area contributed by atoms with Crippen LogP contribution in [-0.4, -0.2) is 0 Å². The Morgan fingerprint density at radius 3 is 2.86 bits per heavy atom. The maximum Gasteiger partial charge on any atom is 0.124 e. The minimum Gasteiger partial charge on any atom is -0.467 e. The third-order valence-electron chi connectivity index (χ3n) is 2.28. The molecular formula is C11H18N2O. The van der Waals surface area contributed by atoms with Gasteiger partial charge in [-0.1, -0.05) is 5.57 Å². The Kier molecular flexibility index (Phi) is 3.92. The first-order valence-corrected chi connectivity index (χ1v) is 4.79. The molecule has 1 atom stereocenters. The summed E-state index contributed by atoms with van der Waals surface area (Å²) in [6.07, 6.45) is 3.56. The van der Waals surface area contributed by atoms with Gasteiger partial charge in [0, 0.05) is 0 Å². The maximum absolute atomic E-state index is 5.48. The lowest BCUT2D eigenvalue weighted by Crippen LogP contribution is -2.28. The van der Waals surface area contributed by atoms with E-state index in [0.717, 1.165) is 29.7 Å². The van der Waals surface area contributed by atoms with Crippen molar-refractivity contribution >= 4 is 0 Å². The molecule has 1 aromatic rings. The van der Waals surface area contributed by atoms with Crippen LogP contribution >= 0.6 is 0 Å². The molecule has 0 saturated heterocycles. The molecule has 0 radical (unpaired) electrons. The first kappa shape index (κ1) is 11.0. The van der Waals surface area contributed by atoms with Crippen LogP contribution in [-0.2, 0) is 0 Å². The Bertz CT molecular complexity index is 304. The number of nitrogens with one attached hydrogen (secondary N) is 1. The van der Waals surface area contributed by atoms with Crippen molar-refractivity contribution in [2.24, 2.45) is 5.84 Å². The van der Waals surface area contributed by atoms with Crippen molar-refractivity contribution in [2.75, 3.05) is 0 Å². The molecule has 1 rings (SSSR count). The van der Waals surface area contributed by atoms with Gasteiger partial charge in [0.2, 0.25) is 0 Å². The van der Waals surface area contributed by atoms with Gasteiger partial charge >= 0.3 is 0 Å². The van der Waals surface area contributed by atoms with Crippen molar-refractivity contribution in [3.63, 3.8) is 0 Å². The van der Waals surface area contributed by atoms with Crippen molar-refractivity contribution in [1.29, 1.82) is 0 Å². The molecule has 0 aliphatic carbocycles. The van der Waals surface area contributed by atoms with Crippen molar-refractivity contribution in [3.05, 3.63) is 35.8 Å². The molecule has 0 aliphatic heterocycles. The molecule has 0 bridgehead atoms. The monoisotopic (exact) mass is 194 g/mol. The summed E-state index contributed by atoms with van der Waals surface area (Å²) in [7, 11) is 0. The number of aryl methyl sites for hydroxylation is 1. The van der Waals surface area contributed by atoms with Crippen molar-refractivity contribution in [1.82, 2.24) is 5.43 Å². The van der Waals surface area contributed by atoms with Gasteiger partial charge in [0.15, 0.2) is 0 Å². The Labute approximate surface area is 85.0 Å². The number of hydrazine groups is 1. The fraction of sp³-hybridized carbons (Fsp3) is 0.455. The number of hydrogen-bond donors (Lipinski definition) is 2. The maximum atomic E-state index is 5.48. The zero-order chi connectivity index (χ0) is 10.6. The van der Waals surface area contributed by atoms with Gasteiger partial charge in [0.25, 0.3) is 0 Å². The molecule has 14 heavy (non-hydrogen) atoms. The van der Waals surface area contributed by atoms with Crippen LogP contribution in [0, 0.1) is 6.92 Å². The van der Waals surface area contributed by atoms with Crippen molar-refractivity contribution < 1.29 is 4.42 Å². The number of allylic oxidation sites excluding steroid dienone is 1. The predicted molar refractivity (Wildman–Crippen MR) is 57.6 cm³/mol. The third-order valence-corrected chi connectivity index (χ3v) is 2.28. The third kappa shape index (κ3) is 2.72. The van der Waals surface area contributed by atoms with Crippen LogP contribution in [0.2, 0.25) is 0 Å². The lowest BCUT2D eigenvalue weighted by Gasteiger charge is -2.14. The number of rotatable bonds is 5. The molecule has 0 fully saturated rings. The second kappa shape index (κ2) is 4.98. The standard InChI is InChI=1S/C11H18N2O/c1-8(2)4-5-10(13-12)11-9(3)6-7-14-11/h6-7,10,13H,1,4-5,12H2,2-3H3. The molecule has 0 aromatic carbocycles. The smallest absolute Gasteiger partial charge is 0.124 e. The fourth-order valence-electron chi connectivity index (χ4n) is 1.42. The van der Waals surface area contributed by atoms with Gasteiger partial charge in [-0.25, -0.2) is 5.43 Å². The van der Waals surface area contributed by atoms with Gasteiger partial charge in [-0.05, 0) is 38.3 Å². The summed E-state index contributed by atoms with van der Waals surface area (Å²) in [6.45, 7) is 7.90. The lowest BCUT2D eigenvalue weighted by atomic mass is 10.0. The van der Waals surface area contributed by atoms with Gasteiger partial charge in [-0.15, -0.1) is 6.58 Å². The molecule has 3 heteroatoms. The summed E-state index contributed by atoms with van der Waals surface area (Å²) < 4.78 is 5.38. The summed E-state index contributed by atoms with van der Waals surface area (Å²) in [5.74, 6) is 6.40. The molecular weight excluding hydrogens is 176 g/mol. The molecule has 0 spiro atoms. The van der Waals surface area contributed by atoms with E-state index in [4.69, 9.17) is 10.3 Å². The van der Waals surface area contributed by atoms with Crippen LogP contribution in [0.3, 0.4) is 0 Å². The Hall–Kier alpha value is -1.06. The highest BCUT2D eigenvalue weighted by atomic mass is 16.3. The Morgan fingerprint density at radius 2 is 2.43 bits per heavy atom. The Balaban J connectivity index is 2.63. The van der Waals surface area contributed by atoms with E-state index in [1.807, 2.05) is 19.9 Å². The molecule has 1 aromatic heterocycles. The van der Waals surface area contributed by atoms with E-state index >= 15 is 0 Å². The number of nitrogens with two attached hydrogens (primary N) is 1. The molecule has 1 unspecified atom stereocenters. The molecule has 3 N–H and O–H groups in total. The van der Waals surface area contributed by atoms with E-state index in [0.29, 0.717) is 0 Å². The van der Waals surface area contributed by atoms with E-state index < -0.39 is 0 Å². The fourth-order valence-corrected chi connectivity index (χ4v) is 1.42.